The van der Waals surface area contributed by atoms with Crippen molar-refractivity contribution in [2.75, 3.05) is 80.1 Å². The fourth-order valence-electron chi connectivity index (χ4n) is 9.09. The van der Waals surface area contributed by atoms with E-state index >= 15 is 0 Å². The standard InChI is InChI=1S/C48H95N9O15SSi2/c1-6-7-23-38-72-73(49,64,65)39-24-37-54(43-27-15-14-16-28-43)45(60)52-31-19-10-13-22-36-57-47(62)55(34-20-11-8-17-29-50-42-58)46(61)56(48(57)63)35-21-12-9-18-30-51-44(59)53(32-25-40-74(66,68-2)69-3)33-26-41-75(67,70-4)71-5/h43,66-67H,6-41H2,1-5H3,(H,51,59)(H,52,60)(H3,49,64,65). The Labute approximate surface area is 446 Å². The van der Waals surface area contributed by atoms with Crippen LogP contribution in [0.5, 0.6) is 0 Å². The summed E-state index contributed by atoms with van der Waals surface area (Å²) >= 11 is 0. The van der Waals surface area contributed by atoms with Gasteiger partial charge in [-0.05, 0) is 77.0 Å². The summed E-state index contributed by atoms with van der Waals surface area (Å²) in [4.78, 5) is 106. The van der Waals surface area contributed by atoms with Gasteiger partial charge in [-0.1, -0.05) is 77.6 Å². The third-order valence-corrected chi connectivity index (χ3v) is 19.9. The molecule has 1 fully saturated rings. The molecular weight excluding hydrogens is 1030 g/mol. The van der Waals surface area contributed by atoms with Gasteiger partial charge in [0, 0.05) is 98.9 Å². The van der Waals surface area contributed by atoms with Crippen molar-refractivity contribution < 1.29 is 54.6 Å². The van der Waals surface area contributed by atoms with Crippen LogP contribution in [-0.4, -0.2) is 164 Å². The van der Waals surface area contributed by atoms with Gasteiger partial charge in [0.2, 0.25) is 6.08 Å². The van der Waals surface area contributed by atoms with Gasteiger partial charge in [0.05, 0.1) is 18.9 Å². The predicted octanol–water partition coefficient (Wildman–Crippen LogP) is 4.45. The molecule has 4 amide bonds. The zero-order valence-corrected chi connectivity index (χ0v) is 48.8. The van der Waals surface area contributed by atoms with Crippen LogP contribution >= 0.6 is 0 Å². The third-order valence-electron chi connectivity index (χ3n) is 13.7. The molecule has 1 aromatic heterocycles. The lowest BCUT2D eigenvalue weighted by atomic mass is 9.94. The highest BCUT2D eigenvalue weighted by molar-refractivity contribution is 8.08. The Morgan fingerprint density at radius 3 is 1.57 bits per heavy atom. The van der Waals surface area contributed by atoms with Crippen molar-refractivity contribution in [3.05, 3.63) is 31.5 Å². The van der Waals surface area contributed by atoms with Crippen molar-refractivity contribution in [3.8, 4) is 0 Å². The molecule has 436 valence electrons. The second-order valence-corrected chi connectivity index (χ2v) is 27.8. The fourth-order valence-corrected chi connectivity index (χ4v) is 12.7. The number of carbonyl (C=O) groups excluding carboxylic acids is 3. The minimum Gasteiger partial charge on any atom is -0.390 e. The molecule has 1 saturated carbocycles. The molecule has 2 rings (SSSR count). The molecule has 0 aromatic carbocycles. The number of nitrogens with one attached hydrogen (secondary N) is 2. The molecule has 1 aliphatic rings. The van der Waals surface area contributed by atoms with E-state index in [2.05, 4.69) is 15.6 Å². The van der Waals surface area contributed by atoms with Crippen LogP contribution in [0.2, 0.25) is 12.1 Å². The van der Waals surface area contributed by atoms with Gasteiger partial charge in [0.15, 0.2) is 0 Å². The highest BCUT2D eigenvalue weighted by Gasteiger charge is 2.36. The number of nitrogens with two attached hydrogens (primary N) is 1. The van der Waals surface area contributed by atoms with Gasteiger partial charge in [0.1, 0.15) is 9.81 Å². The zero-order valence-electron chi connectivity index (χ0n) is 45.9. The number of unbranched alkanes of at least 4 members (excludes halogenated alkanes) is 11. The molecule has 27 heteroatoms. The molecule has 75 heavy (non-hydrogen) atoms. The van der Waals surface area contributed by atoms with Gasteiger partial charge in [-0.15, -0.1) is 0 Å². The fraction of sp³-hybridized carbons (Fsp3) is 0.875. The molecule has 0 spiro atoms. The van der Waals surface area contributed by atoms with Crippen LogP contribution in [0.1, 0.15) is 155 Å². The molecule has 0 unspecified atom stereocenters. The average molecular weight is 1130 g/mol. The van der Waals surface area contributed by atoms with E-state index in [1.54, 1.807) is 9.80 Å². The second-order valence-electron chi connectivity index (χ2n) is 19.5. The Hall–Kier alpha value is -3.45. The number of amides is 4. The Balaban J connectivity index is 2.01. The van der Waals surface area contributed by atoms with Crippen LogP contribution < -0.4 is 32.8 Å². The normalized spacial score (nSPS) is 14.0. The van der Waals surface area contributed by atoms with Crippen molar-refractivity contribution in [2.24, 2.45) is 10.1 Å². The van der Waals surface area contributed by atoms with E-state index in [9.17, 15) is 47.1 Å². The molecule has 0 saturated heterocycles. The van der Waals surface area contributed by atoms with Gasteiger partial charge < -0.3 is 47.7 Å². The molecule has 1 heterocycles. The quantitative estimate of drug-likeness (QED) is 0.0228. The topological polar surface area (TPSA) is 310 Å². The van der Waals surface area contributed by atoms with Crippen LogP contribution in [0, 0.1) is 0 Å². The van der Waals surface area contributed by atoms with Crippen LogP contribution in [-0.2, 0) is 56.1 Å². The van der Waals surface area contributed by atoms with Crippen LogP contribution in [0.3, 0.4) is 0 Å². The van der Waals surface area contributed by atoms with Gasteiger partial charge in [-0.25, -0.2) is 56.8 Å². The number of isocyanates is 1. The summed E-state index contributed by atoms with van der Waals surface area (Å²) in [5.74, 6) is -0.264. The van der Waals surface area contributed by atoms with E-state index in [1.807, 2.05) is 6.92 Å². The van der Waals surface area contributed by atoms with Crippen molar-refractivity contribution in [1.29, 1.82) is 0 Å². The molecule has 24 nitrogen and oxygen atoms in total. The number of carbonyl (C=O) groups is 2. The van der Waals surface area contributed by atoms with Crippen molar-refractivity contribution in [1.82, 2.24) is 34.1 Å². The van der Waals surface area contributed by atoms with Gasteiger partial charge in [-0.3, -0.25) is 8.74 Å². The van der Waals surface area contributed by atoms with E-state index < -0.39 is 44.5 Å². The first-order chi connectivity index (χ1) is 35.8. The summed E-state index contributed by atoms with van der Waals surface area (Å²) in [6.45, 7) is 4.49. The maximum Gasteiger partial charge on any atom is 0.497 e. The monoisotopic (exact) mass is 1130 g/mol. The molecule has 0 atom stereocenters. The van der Waals surface area contributed by atoms with E-state index in [4.69, 9.17) is 27.0 Å². The molecule has 1 aromatic rings. The van der Waals surface area contributed by atoms with E-state index in [0.29, 0.717) is 123 Å². The summed E-state index contributed by atoms with van der Waals surface area (Å²) < 4.78 is 52.9. The van der Waals surface area contributed by atoms with Gasteiger partial charge >= 0.3 is 46.7 Å². The summed E-state index contributed by atoms with van der Waals surface area (Å²) in [5, 5.41) is 11.8. The lowest BCUT2D eigenvalue weighted by molar-refractivity contribution is 0.145. The number of rotatable bonds is 43. The maximum atomic E-state index is 13.8. The van der Waals surface area contributed by atoms with E-state index in [0.717, 1.165) is 65.1 Å². The van der Waals surface area contributed by atoms with E-state index in [-0.39, 0.29) is 75.2 Å². The van der Waals surface area contributed by atoms with Crippen molar-refractivity contribution >= 4 is 45.6 Å². The lowest BCUT2D eigenvalue weighted by Crippen LogP contribution is -2.54. The smallest absolute Gasteiger partial charge is 0.390 e. The van der Waals surface area contributed by atoms with E-state index in [1.165, 1.54) is 34.5 Å². The Morgan fingerprint density at radius 1 is 0.667 bits per heavy atom. The number of aliphatic imine (C=N–C) groups is 1. The molecule has 1 aliphatic carbocycles. The molecule has 0 radical (unpaired) electrons. The minimum absolute atomic E-state index is 0.0272. The highest BCUT2D eigenvalue weighted by atomic mass is 32.3. The number of aromatic nitrogens is 3. The first-order valence-corrected chi connectivity index (χ1v) is 33.4. The third kappa shape index (κ3) is 26.6. The van der Waals surface area contributed by atoms with Crippen molar-refractivity contribution in [2.45, 2.75) is 192 Å². The minimum atomic E-state index is -4.75. The largest absolute Gasteiger partial charge is 0.497 e. The SMILES string of the molecule is CCCCCOS(N)(=O)(O)CCCN(C(=O)NCCCCCCn1c(=O)n(CCCCCCN=C=O)c(=O)n(CCCCCCNC(=O)N(CCC[Si](O)(OC)OC)CCC[Si](O)(OC)OC)c1=O)C1CCCCC1. The zero-order chi connectivity index (χ0) is 55.6. The van der Waals surface area contributed by atoms with Crippen LogP contribution in [0.15, 0.2) is 19.4 Å². The maximum absolute atomic E-state index is 13.8. The Kier molecular flexibility index (Phi) is 33.0. The van der Waals surface area contributed by atoms with Gasteiger partial charge in [-0.2, -0.15) is 0 Å². The summed E-state index contributed by atoms with van der Waals surface area (Å²) in [6, 6.07) is -0.00492. The van der Waals surface area contributed by atoms with Gasteiger partial charge in [0.25, 0.3) is 0 Å². The van der Waals surface area contributed by atoms with Crippen LogP contribution in [0.4, 0.5) is 9.59 Å². The summed E-state index contributed by atoms with van der Waals surface area (Å²) in [7, 11) is -5.88. The van der Waals surface area contributed by atoms with Crippen molar-refractivity contribution in [3.63, 3.8) is 0 Å². The summed E-state index contributed by atoms with van der Waals surface area (Å²) in [5.41, 5.74) is -1.97. The number of urea groups is 2. The predicted molar refractivity (Wildman–Crippen MR) is 292 cm³/mol. The molecule has 0 aliphatic heterocycles. The lowest BCUT2D eigenvalue weighted by Gasteiger charge is -2.36. The first-order valence-electron chi connectivity index (χ1n) is 27.4. The molecule has 7 N–H and O–H groups in total. The Morgan fingerprint density at radius 2 is 1.12 bits per heavy atom. The molecular formula is C48H95N9O15SSi2. The highest BCUT2D eigenvalue weighted by Crippen LogP contribution is 2.24. The average Bonchev–Trinajstić information content (AvgIpc) is 3.39. The second kappa shape index (κ2) is 36.6. The number of hydrogen-bond acceptors (Lipinski definition) is 15. The number of hydrogen-bond donors (Lipinski definition) is 6. The van der Waals surface area contributed by atoms with Crippen LogP contribution in [0.25, 0.3) is 0 Å². The summed E-state index contributed by atoms with van der Waals surface area (Å²) in [6.07, 6.45) is 17.4. The Bertz CT molecular complexity index is 2070. The first kappa shape index (κ1) is 67.7. The number of nitrogens with zero attached hydrogens (tertiary/aromatic N) is 6. The molecule has 0 bridgehead atoms.